The van der Waals surface area contributed by atoms with Gasteiger partial charge in [0.2, 0.25) is 0 Å². The van der Waals surface area contributed by atoms with Crippen LogP contribution < -0.4 is 14.2 Å². The second-order valence-electron chi connectivity index (χ2n) is 9.23. The number of benzene rings is 2. The van der Waals surface area contributed by atoms with Gasteiger partial charge in [0.1, 0.15) is 23.7 Å². The van der Waals surface area contributed by atoms with E-state index in [0.29, 0.717) is 46.6 Å². The van der Waals surface area contributed by atoms with Gasteiger partial charge in [0, 0.05) is 5.56 Å². The quantitative estimate of drug-likeness (QED) is 0.431. The number of ether oxygens (including phenoxy) is 4. The summed E-state index contributed by atoms with van der Waals surface area (Å²) in [6.07, 6.45) is 0.617. The van der Waals surface area contributed by atoms with E-state index in [1.807, 2.05) is 26.8 Å². The van der Waals surface area contributed by atoms with Gasteiger partial charge in [0.25, 0.3) is 0 Å². The third-order valence-corrected chi connectivity index (χ3v) is 6.11. The summed E-state index contributed by atoms with van der Waals surface area (Å²) in [5, 5.41) is 11.2. The maximum absolute atomic E-state index is 13.0. The minimum Gasteiger partial charge on any atom is -0.495 e. The number of fused-ring (bicyclic) bond motifs is 2. The van der Waals surface area contributed by atoms with Gasteiger partial charge in [0.05, 0.1) is 30.4 Å². The number of cyclic esters (lactones) is 1. The Kier molecular flexibility index (Phi) is 8.14. The van der Waals surface area contributed by atoms with Crippen LogP contribution in [0.1, 0.15) is 73.7 Å². The van der Waals surface area contributed by atoms with E-state index < -0.39 is 12.1 Å². The van der Waals surface area contributed by atoms with Gasteiger partial charge in [-0.15, -0.1) is 0 Å². The number of halogens is 1. The summed E-state index contributed by atoms with van der Waals surface area (Å²) in [5.41, 5.74) is 2.01. The van der Waals surface area contributed by atoms with Crippen molar-refractivity contribution in [3.05, 3.63) is 45.5 Å². The van der Waals surface area contributed by atoms with Crippen molar-refractivity contribution in [2.45, 2.75) is 60.2 Å². The molecule has 0 fully saturated rings. The van der Waals surface area contributed by atoms with E-state index in [-0.39, 0.29) is 29.6 Å². The fourth-order valence-corrected chi connectivity index (χ4v) is 3.99. The second-order valence-corrected chi connectivity index (χ2v) is 9.61. The number of hydrogen-bond acceptors (Lipinski definition) is 6. The molecule has 3 rings (SSSR count). The van der Waals surface area contributed by atoms with Crippen molar-refractivity contribution in [2.75, 3.05) is 13.7 Å². The second kappa shape index (κ2) is 10.7. The molecule has 0 bridgehead atoms. The maximum atomic E-state index is 13.0. The van der Waals surface area contributed by atoms with Gasteiger partial charge in [-0.2, -0.15) is 0 Å². The number of methoxy groups -OCH3 is 1. The molecular formula is C26H33ClO6. The number of rotatable bonds is 8. The highest BCUT2D eigenvalue weighted by Gasteiger charge is 2.31. The number of aryl methyl sites for hydroxylation is 1. The lowest BCUT2D eigenvalue weighted by atomic mass is 9.96. The van der Waals surface area contributed by atoms with Crippen LogP contribution in [-0.2, 0) is 11.3 Å². The van der Waals surface area contributed by atoms with Crippen molar-refractivity contribution in [1.29, 1.82) is 0 Å². The largest absolute Gasteiger partial charge is 0.495 e. The van der Waals surface area contributed by atoms with Gasteiger partial charge in [-0.25, -0.2) is 4.79 Å². The lowest BCUT2D eigenvalue weighted by Gasteiger charge is -2.25. The first-order valence-corrected chi connectivity index (χ1v) is 11.7. The Morgan fingerprint density at radius 1 is 1.18 bits per heavy atom. The Balaban J connectivity index is 2.10. The van der Waals surface area contributed by atoms with Crippen LogP contribution in [0.25, 0.3) is 0 Å². The van der Waals surface area contributed by atoms with Crippen LogP contribution in [0.5, 0.6) is 23.0 Å². The number of carbonyl (C=O) groups excluding carboxylic acids is 1. The van der Waals surface area contributed by atoms with E-state index in [0.717, 1.165) is 12.0 Å². The molecule has 0 aromatic heterocycles. The van der Waals surface area contributed by atoms with Crippen LogP contribution in [0.3, 0.4) is 0 Å². The molecule has 0 unspecified atom stereocenters. The van der Waals surface area contributed by atoms with Crippen LogP contribution in [-0.4, -0.2) is 24.8 Å². The van der Waals surface area contributed by atoms with Crippen LogP contribution in [0, 0.1) is 18.8 Å². The summed E-state index contributed by atoms with van der Waals surface area (Å²) in [7, 11) is 1.46. The molecule has 1 aliphatic rings. The first-order chi connectivity index (χ1) is 15.6. The molecule has 0 saturated heterocycles. The summed E-state index contributed by atoms with van der Waals surface area (Å²) in [4.78, 5) is 13.0. The average molecular weight is 477 g/mol. The zero-order chi connectivity index (χ0) is 24.3. The number of aliphatic hydroxyl groups is 1. The number of hydrogen-bond donors (Lipinski definition) is 1. The SMILES string of the molecule is COc1c([C@@H](O)CC(C)C)ccc2c1C(=O)OCc1c(Cl)c(C)cc(OCCC(C)C)c1O2. The van der Waals surface area contributed by atoms with Gasteiger partial charge < -0.3 is 24.1 Å². The normalized spacial score (nSPS) is 14.1. The van der Waals surface area contributed by atoms with Crippen LogP contribution in [0.2, 0.25) is 5.02 Å². The molecule has 7 heteroatoms. The monoisotopic (exact) mass is 476 g/mol. The van der Waals surface area contributed by atoms with Gasteiger partial charge in [-0.3, -0.25) is 0 Å². The number of carbonyl (C=O) groups is 1. The van der Waals surface area contributed by atoms with Crippen molar-refractivity contribution in [2.24, 2.45) is 11.8 Å². The van der Waals surface area contributed by atoms with Crippen molar-refractivity contribution < 1.29 is 28.8 Å². The van der Waals surface area contributed by atoms with Crippen molar-refractivity contribution >= 4 is 17.6 Å². The fourth-order valence-electron chi connectivity index (χ4n) is 3.80. The summed E-state index contributed by atoms with van der Waals surface area (Å²) in [6.45, 7) is 10.6. The molecular weight excluding hydrogens is 444 g/mol. The third-order valence-electron chi connectivity index (χ3n) is 5.58. The van der Waals surface area contributed by atoms with Crippen LogP contribution >= 0.6 is 11.6 Å². The van der Waals surface area contributed by atoms with Gasteiger partial charge >= 0.3 is 5.97 Å². The Hall–Kier alpha value is -2.44. The van der Waals surface area contributed by atoms with E-state index in [1.165, 1.54) is 7.11 Å². The zero-order valence-corrected chi connectivity index (χ0v) is 20.9. The van der Waals surface area contributed by atoms with Crippen LogP contribution in [0.15, 0.2) is 18.2 Å². The molecule has 1 heterocycles. The predicted molar refractivity (Wildman–Crippen MR) is 128 cm³/mol. The molecule has 0 amide bonds. The Morgan fingerprint density at radius 2 is 1.91 bits per heavy atom. The molecule has 180 valence electrons. The molecule has 2 aromatic rings. The van der Waals surface area contributed by atoms with Gasteiger partial charge in [-0.05, 0) is 55.4 Å². The molecule has 0 radical (unpaired) electrons. The fraction of sp³-hybridized carbons (Fsp3) is 0.500. The van der Waals surface area contributed by atoms with E-state index in [2.05, 4.69) is 13.8 Å². The number of esters is 1. The smallest absolute Gasteiger partial charge is 0.346 e. The van der Waals surface area contributed by atoms with E-state index >= 15 is 0 Å². The standard InChI is InChI=1S/C26H33ClO6/c1-14(2)9-10-31-21-12-16(5)23(27)18-13-32-26(29)22-20(33-24(18)21)8-7-17(25(22)30-6)19(28)11-15(3)4/h7-8,12,14-15,19,28H,9-11,13H2,1-6H3/t19-/m0/s1. The average Bonchev–Trinajstić information content (AvgIpc) is 2.73. The Labute approximate surface area is 200 Å². The lowest BCUT2D eigenvalue weighted by Crippen LogP contribution is -2.16. The molecule has 2 aromatic carbocycles. The molecule has 0 aliphatic carbocycles. The van der Waals surface area contributed by atoms with E-state index in [9.17, 15) is 9.90 Å². The summed E-state index contributed by atoms with van der Waals surface area (Å²) >= 11 is 6.56. The minimum atomic E-state index is -0.789. The topological polar surface area (TPSA) is 74.2 Å². The van der Waals surface area contributed by atoms with Crippen LogP contribution in [0.4, 0.5) is 0 Å². The molecule has 1 aliphatic heterocycles. The first kappa shape index (κ1) is 25.2. The summed E-state index contributed by atoms with van der Waals surface area (Å²) in [6, 6.07) is 5.20. The van der Waals surface area contributed by atoms with Crippen molar-refractivity contribution in [1.82, 2.24) is 0 Å². The Morgan fingerprint density at radius 3 is 2.55 bits per heavy atom. The van der Waals surface area contributed by atoms with E-state index in [4.69, 9.17) is 30.5 Å². The molecule has 0 saturated carbocycles. The predicted octanol–water partition coefficient (Wildman–Crippen LogP) is 6.62. The Bertz CT molecular complexity index is 1010. The summed E-state index contributed by atoms with van der Waals surface area (Å²) < 4.78 is 23.5. The third kappa shape index (κ3) is 5.56. The van der Waals surface area contributed by atoms with Gasteiger partial charge in [-0.1, -0.05) is 39.3 Å². The first-order valence-electron chi connectivity index (χ1n) is 11.3. The number of aliphatic hydroxyl groups excluding tert-OH is 1. The highest BCUT2D eigenvalue weighted by molar-refractivity contribution is 6.32. The van der Waals surface area contributed by atoms with E-state index in [1.54, 1.807) is 12.1 Å². The highest BCUT2D eigenvalue weighted by atomic mass is 35.5. The maximum Gasteiger partial charge on any atom is 0.346 e. The molecule has 33 heavy (non-hydrogen) atoms. The summed E-state index contributed by atoms with van der Waals surface area (Å²) in [5.74, 6) is 1.60. The zero-order valence-electron chi connectivity index (χ0n) is 20.2. The molecule has 1 N–H and O–H groups in total. The molecule has 1 atom stereocenters. The van der Waals surface area contributed by atoms with Crippen molar-refractivity contribution in [3.8, 4) is 23.0 Å². The van der Waals surface area contributed by atoms with Crippen molar-refractivity contribution in [3.63, 3.8) is 0 Å². The molecule has 0 spiro atoms. The lowest BCUT2D eigenvalue weighted by molar-refractivity contribution is 0.0453. The molecule has 6 nitrogen and oxygen atoms in total. The highest BCUT2D eigenvalue weighted by Crippen LogP contribution is 2.46. The minimum absolute atomic E-state index is 0.0728. The van der Waals surface area contributed by atoms with Gasteiger partial charge in [0.15, 0.2) is 11.5 Å².